The van der Waals surface area contributed by atoms with Crippen LogP contribution in [0.15, 0.2) is 18.2 Å². The Bertz CT molecular complexity index is 945. The summed E-state index contributed by atoms with van der Waals surface area (Å²) >= 11 is 0. The van der Waals surface area contributed by atoms with E-state index in [2.05, 4.69) is 5.32 Å². The summed E-state index contributed by atoms with van der Waals surface area (Å²) in [5.41, 5.74) is -1.97. The van der Waals surface area contributed by atoms with E-state index in [9.17, 15) is 24.3 Å². The number of hydrogen-bond donors (Lipinski definition) is 2. The van der Waals surface area contributed by atoms with Crippen LogP contribution in [-0.4, -0.2) is 59.6 Å². The monoisotopic (exact) mass is 527 g/mol. The molecular formula is C25H37NO11. The first-order valence-electron chi connectivity index (χ1n) is 12.0. The zero-order valence-electron chi connectivity index (χ0n) is 22.5. The van der Waals surface area contributed by atoms with E-state index in [1.165, 1.54) is 18.2 Å². The van der Waals surface area contributed by atoms with Gasteiger partial charge in [-0.1, -0.05) is 13.0 Å². The number of rotatable bonds is 12. The summed E-state index contributed by atoms with van der Waals surface area (Å²) in [5, 5.41) is 12.9. The van der Waals surface area contributed by atoms with Crippen molar-refractivity contribution >= 4 is 24.4 Å². The molecule has 0 aliphatic carbocycles. The molecule has 1 rings (SSSR count). The molecule has 208 valence electrons. The Hall–Kier alpha value is -3.54. The van der Waals surface area contributed by atoms with Gasteiger partial charge in [-0.15, -0.1) is 0 Å². The van der Waals surface area contributed by atoms with Crippen LogP contribution in [0.4, 0.5) is 14.4 Å². The SMILES string of the molecule is CCC(C)N[C@@](Cc1ccc(OC(=O)OC(C)C)c(OC(=O)OC(C)C)c1)(OC(=O)OC(C)C)C(=O)O. The molecule has 0 spiro atoms. The van der Waals surface area contributed by atoms with Crippen LogP contribution in [0.1, 0.15) is 67.4 Å². The van der Waals surface area contributed by atoms with Gasteiger partial charge in [-0.05, 0) is 72.6 Å². The highest BCUT2D eigenvalue weighted by Gasteiger charge is 2.45. The van der Waals surface area contributed by atoms with Crippen molar-refractivity contribution in [2.45, 2.75) is 98.3 Å². The van der Waals surface area contributed by atoms with Crippen molar-refractivity contribution in [3.05, 3.63) is 23.8 Å². The van der Waals surface area contributed by atoms with Crippen molar-refractivity contribution in [1.82, 2.24) is 5.32 Å². The predicted molar refractivity (Wildman–Crippen MR) is 131 cm³/mol. The molecule has 1 unspecified atom stereocenters. The van der Waals surface area contributed by atoms with Crippen LogP contribution >= 0.6 is 0 Å². The highest BCUT2D eigenvalue weighted by atomic mass is 16.8. The molecule has 0 aliphatic rings. The molecule has 0 saturated carbocycles. The number of carboxylic acid groups (broad SMARTS) is 1. The van der Waals surface area contributed by atoms with Gasteiger partial charge >= 0.3 is 24.4 Å². The largest absolute Gasteiger partial charge is 0.514 e. The van der Waals surface area contributed by atoms with E-state index < -0.39 is 54.9 Å². The Morgan fingerprint density at radius 3 is 1.76 bits per heavy atom. The Kier molecular flexibility index (Phi) is 12.1. The number of carbonyl (C=O) groups is 4. The Morgan fingerprint density at radius 2 is 1.30 bits per heavy atom. The lowest BCUT2D eigenvalue weighted by atomic mass is 10.00. The van der Waals surface area contributed by atoms with Gasteiger partial charge in [0.25, 0.3) is 5.72 Å². The average Bonchev–Trinajstić information content (AvgIpc) is 2.73. The van der Waals surface area contributed by atoms with Crippen molar-refractivity contribution in [2.24, 2.45) is 0 Å². The Morgan fingerprint density at radius 1 is 0.811 bits per heavy atom. The van der Waals surface area contributed by atoms with Crippen LogP contribution in [0.2, 0.25) is 0 Å². The number of nitrogens with one attached hydrogen (secondary N) is 1. The maximum atomic E-state index is 12.4. The molecule has 2 atom stereocenters. The zero-order chi connectivity index (χ0) is 28.3. The molecule has 0 radical (unpaired) electrons. The van der Waals surface area contributed by atoms with Crippen LogP contribution in [0, 0.1) is 0 Å². The molecule has 0 heterocycles. The summed E-state index contributed by atoms with van der Waals surface area (Å²) in [5.74, 6) is -1.89. The molecule has 0 fully saturated rings. The fourth-order valence-electron chi connectivity index (χ4n) is 2.88. The Balaban J connectivity index is 3.45. The molecule has 37 heavy (non-hydrogen) atoms. The lowest BCUT2D eigenvalue weighted by Crippen LogP contribution is -2.59. The summed E-state index contributed by atoms with van der Waals surface area (Å²) < 4.78 is 30.6. The third kappa shape index (κ3) is 10.9. The van der Waals surface area contributed by atoms with Gasteiger partial charge in [0.15, 0.2) is 11.5 Å². The lowest BCUT2D eigenvalue weighted by molar-refractivity contribution is -0.167. The van der Waals surface area contributed by atoms with E-state index in [0.29, 0.717) is 6.42 Å². The van der Waals surface area contributed by atoms with Gasteiger partial charge in [0, 0.05) is 12.5 Å². The molecule has 2 N–H and O–H groups in total. The van der Waals surface area contributed by atoms with Crippen LogP contribution in [0.3, 0.4) is 0 Å². The minimum Gasteiger partial charge on any atom is -0.477 e. The standard InChI is InChI=1S/C25H37NO11/c1-9-17(8)26-25(21(27)28,37-24(31)34-16(6)7)13-18-10-11-19(35-22(29)32-14(2)3)20(12-18)36-23(30)33-15(4)5/h10-12,14-17,26H,9,13H2,1-8H3,(H,27,28)/t17?,25-/m0/s1. The van der Waals surface area contributed by atoms with Crippen LogP contribution in [-0.2, 0) is 30.2 Å². The fraction of sp³-hybridized carbons (Fsp3) is 0.600. The van der Waals surface area contributed by atoms with E-state index in [4.69, 9.17) is 28.4 Å². The van der Waals surface area contributed by atoms with Gasteiger partial charge in [-0.25, -0.2) is 19.2 Å². The minimum atomic E-state index is -2.23. The summed E-state index contributed by atoms with van der Waals surface area (Å²) in [4.78, 5) is 48.9. The highest BCUT2D eigenvalue weighted by molar-refractivity contribution is 5.80. The van der Waals surface area contributed by atoms with E-state index in [-0.39, 0.29) is 23.1 Å². The molecule has 0 saturated heterocycles. The van der Waals surface area contributed by atoms with Gasteiger partial charge in [0.1, 0.15) is 0 Å². The summed E-state index contributed by atoms with van der Waals surface area (Å²) in [7, 11) is 0. The molecule has 0 aromatic heterocycles. The first kappa shape index (κ1) is 31.5. The smallest absolute Gasteiger partial charge is 0.477 e. The quantitative estimate of drug-likeness (QED) is 0.166. The molecule has 0 amide bonds. The third-order valence-electron chi connectivity index (χ3n) is 4.54. The normalized spacial score (nSPS) is 13.5. The molecule has 12 nitrogen and oxygen atoms in total. The number of hydrogen-bond acceptors (Lipinski definition) is 11. The number of carbonyl (C=O) groups excluding carboxylic acids is 3. The second kappa shape index (κ2) is 14.3. The van der Waals surface area contributed by atoms with Gasteiger partial charge in [0.05, 0.1) is 18.3 Å². The number of ether oxygens (including phenoxy) is 6. The van der Waals surface area contributed by atoms with E-state index >= 15 is 0 Å². The van der Waals surface area contributed by atoms with E-state index in [0.717, 1.165) is 0 Å². The molecular weight excluding hydrogens is 490 g/mol. The van der Waals surface area contributed by atoms with Gasteiger partial charge in [-0.2, -0.15) is 0 Å². The van der Waals surface area contributed by atoms with Crippen LogP contribution < -0.4 is 14.8 Å². The Labute approximate surface area is 216 Å². The minimum absolute atomic E-state index is 0.175. The second-order valence-corrected chi connectivity index (χ2v) is 9.10. The molecule has 0 bridgehead atoms. The van der Waals surface area contributed by atoms with Crippen molar-refractivity contribution in [2.75, 3.05) is 0 Å². The van der Waals surface area contributed by atoms with Crippen molar-refractivity contribution in [3.8, 4) is 11.5 Å². The van der Waals surface area contributed by atoms with E-state index in [1.54, 1.807) is 48.5 Å². The number of benzene rings is 1. The predicted octanol–water partition coefficient (Wildman–Crippen LogP) is 4.81. The maximum Gasteiger partial charge on any atom is 0.514 e. The van der Waals surface area contributed by atoms with Gasteiger partial charge < -0.3 is 33.5 Å². The summed E-state index contributed by atoms with van der Waals surface area (Å²) in [6.07, 6.45) is -4.67. The fourth-order valence-corrected chi connectivity index (χ4v) is 2.88. The lowest BCUT2D eigenvalue weighted by Gasteiger charge is -2.32. The first-order chi connectivity index (χ1) is 17.2. The topological polar surface area (TPSA) is 156 Å². The van der Waals surface area contributed by atoms with Crippen molar-refractivity contribution in [3.63, 3.8) is 0 Å². The average molecular weight is 528 g/mol. The van der Waals surface area contributed by atoms with Crippen molar-refractivity contribution < 1.29 is 52.7 Å². The number of aliphatic carboxylic acids is 1. The van der Waals surface area contributed by atoms with Crippen LogP contribution in [0.25, 0.3) is 0 Å². The molecule has 12 heteroatoms. The second-order valence-electron chi connectivity index (χ2n) is 9.10. The molecule has 1 aromatic carbocycles. The summed E-state index contributed by atoms with van der Waals surface area (Å²) in [6, 6.07) is 3.61. The number of carboxylic acids is 1. The zero-order valence-corrected chi connectivity index (χ0v) is 22.5. The highest BCUT2D eigenvalue weighted by Crippen LogP contribution is 2.31. The molecule has 0 aliphatic heterocycles. The van der Waals surface area contributed by atoms with Crippen molar-refractivity contribution in [1.29, 1.82) is 0 Å². The van der Waals surface area contributed by atoms with E-state index in [1.807, 2.05) is 6.92 Å². The molecule has 1 aromatic rings. The summed E-state index contributed by atoms with van der Waals surface area (Å²) in [6.45, 7) is 13.2. The third-order valence-corrected chi connectivity index (χ3v) is 4.54. The van der Waals surface area contributed by atoms with Gasteiger partial charge in [0.2, 0.25) is 0 Å². The van der Waals surface area contributed by atoms with Gasteiger partial charge in [-0.3, -0.25) is 5.32 Å². The van der Waals surface area contributed by atoms with Crippen LogP contribution in [0.5, 0.6) is 11.5 Å². The first-order valence-corrected chi connectivity index (χ1v) is 12.0. The maximum absolute atomic E-state index is 12.4.